The van der Waals surface area contributed by atoms with E-state index in [4.69, 9.17) is 40.2 Å². The molecule has 3 N–H and O–H groups in total. The van der Waals surface area contributed by atoms with Gasteiger partial charge in [-0.25, -0.2) is 9.59 Å². The molecule has 168 valence electrons. The highest BCUT2D eigenvalue weighted by Crippen LogP contribution is 2.31. The fourth-order valence-corrected chi connectivity index (χ4v) is 3.90. The summed E-state index contributed by atoms with van der Waals surface area (Å²) >= 11 is 17.4. The summed E-state index contributed by atoms with van der Waals surface area (Å²) < 4.78 is 5.25. The smallest absolute Gasteiger partial charge is 0.338 e. The van der Waals surface area contributed by atoms with Crippen molar-refractivity contribution < 1.29 is 14.3 Å². The molecule has 2 aromatic rings. The maximum absolute atomic E-state index is 12.6. The Bertz CT molecular complexity index is 1090. The van der Waals surface area contributed by atoms with Gasteiger partial charge in [-0.15, -0.1) is 0 Å². The van der Waals surface area contributed by atoms with E-state index in [9.17, 15) is 9.59 Å². The Labute approximate surface area is 201 Å². The second kappa shape index (κ2) is 10.2. The third-order valence-electron chi connectivity index (χ3n) is 4.93. The van der Waals surface area contributed by atoms with E-state index < -0.39 is 18.0 Å². The van der Waals surface area contributed by atoms with Crippen molar-refractivity contribution in [2.45, 2.75) is 19.9 Å². The van der Waals surface area contributed by atoms with Gasteiger partial charge in [0.25, 0.3) is 0 Å². The number of nitrogens with zero attached hydrogens (tertiary/aromatic N) is 1. The van der Waals surface area contributed by atoms with Crippen LogP contribution < -0.4 is 16.0 Å². The first kappa shape index (κ1) is 23.8. The van der Waals surface area contributed by atoms with Crippen LogP contribution in [0, 0.1) is 0 Å². The van der Waals surface area contributed by atoms with Gasteiger partial charge in [0.2, 0.25) is 0 Å². The van der Waals surface area contributed by atoms with Crippen molar-refractivity contribution >= 4 is 63.9 Å². The first-order valence-corrected chi connectivity index (χ1v) is 10.9. The van der Waals surface area contributed by atoms with E-state index in [1.807, 2.05) is 19.1 Å². The third kappa shape index (κ3) is 5.32. The number of halogens is 2. The number of ether oxygens (including phenoxy) is 1. The van der Waals surface area contributed by atoms with Gasteiger partial charge >= 0.3 is 12.0 Å². The highest BCUT2D eigenvalue weighted by atomic mass is 35.5. The molecule has 10 heteroatoms. The number of rotatable bonds is 5. The lowest BCUT2D eigenvalue weighted by atomic mass is 9.95. The predicted molar refractivity (Wildman–Crippen MR) is 131 cm³/mol. The Morgan fingerprint density at radius 3 is 2.47 bits per heavy atom. The van der Waals surface area contributed by atoms with Crippen LogP contribution in [0.4, 0.5) is 16.2 Å². The number of urea groups is 1. The van der Waals surface area contributed by atoms with Gasteiger partial charge in [-0.05, 0) is 62.0 Å². The number of anilines is 2. The van der Waals surface area contributed by atoms with Gasteiger partial charge < -0.3 is 25.6 Å². The summed E-state index contributed by atoms with van der Waals surface area (Å²) in [5.74, 6) is -0.404. The Hall–Kier alpha value is -2.81. The van der Waals surface area contributed by atoms with E-state index in [0.29, 0.717) is 32.1 Å². The highest BCUT2D eigenvalue weighted by Gasteiger charge is 2.33. The zero-order valence-electron chi connectivity index (χ0n) is 17.7. The molecule has 0 spiro atoms. The van der Waals surface area contributed by atoms with Crippen LogP contribution in [0.25, 0.3) is 0 Å². The highest BCUT2D eigenvalue weighted by molar-refractivity contribution is 7.80. The minimum absolute atomic E-state index is 0.270. The minimum atomic E-state index is -0.464. The lowest BCUT2D eigenvalue weighted by Gasteiger charge is -2.35. The molecule has 1 aliphatic rings. The van der Waals surface area contributed by atoms with Gasteiger partial charge in [0.15, 0.2) is 5.11 Å². The van der Waals surface area contributed by atoms with E-state index in [0.717, 1.165) is 11.3 Å². The van der Waals surface area contributed by atoms with Crippen molar-refractivity contribution in [3.8, 4) is 0 Å². The molecule has 1 atom stereocenters. The normalized spacial score (nSPS) is 15.8. The first-order valence-electron chi connectivity index (χ1n) is 9.76. The van der Waals surface area contributed by atoms with Gasteiger partial charge in [0.05, 0.1) is 28.9 Å². The summed E-state index contributed by atoms with van der Waals surface area (Å²) in [5, 5.41) is 9.91. The number of benzene rings is 2. The number of hydrogen-bond acceptors (Lipinski definition) is 4. The van der Waals surface area contributed by atoms with Gasteiger partial charge in [0.1, 0.15) is 0 Å². The van der Waals surface area contributed by atoms with E-state index in [2.05, 4.69) is 16.0 Å². The summed E-state index contributed by atoms with van der Waals surface area (Å²) in [5.41, 5.74) is 3.01. The van der Waals surface area contributed by atoms with Crippen LogP contribution in [0.2, 0.25) is 10.0 Å². The van der Waals surface area contributed by atoms with Crippen LogP contribution in [0.15, 0.2) is 53.7 Å². The number of hydrogen-bond donors (Lipinski definition) is 3. The maximum Gasteiger partial charge on any atom is 0.338 e. The number of thiocarbonyl (C=S) groups is 1. The molecule has 1 unspecified atom stereocenters. The van der Waals surface area contributed by atoms with E-state index in [-0.39, 0.29) is 6.61 Å². The van der Waals surface area contributed by atoms with Crippen LogP contribution in [0.3, 0.4) is 0 Å². The van der Waals surface area contributed by atoms with Gasteiger partial charge in [-0.2, -0.15) is 0 Å². The van der Waals surface area contributed by atoms with Crippen molar-refractivity contribution in [1.82, 2.24) is 10.2 Å². The summed E-state index contributed by atoms with van der Waals surface area (Å²) in [6.45, 7) is 3.86. The lowest BCUT2D eigenvalue weighted by molar-refractivity contribution is -0.139. The zero-order valence-corrected chi connectivity index (χ0v) is 20.0. The molecular weight excluding hydrogens is 471 g/mol. The molecule has 1 heterocycles. The van der Waals surface area contributed by atoms with Crippen molar-refractivity contribution in [2.75, 3.05) is 24.3 Å². The number of carbonyl (C=O) groups excluding carboxylic acids is 2. The van der Waals surface area contributed by atoms with Crippen LogP contribution in [-0.2, 0) is 9.53 Å². The van der Waals surface area contributed by atoms with E-state index >= 15 is 0 Å². The predicted octanol–water partition coefficient (Wildman–Crippen LogP) is 5.34. The molecule has 1 aliphatic heterocycles. The number of carbonyl (C=O) groups is 2. The average Bonchev–Trinajstić information content (AvgIpc) is 2.74. The average molecular weight is 493 g/mol. The molecule has 2 amide bonds. The van der Waals surface area contributed by atoms with Crippen molar-refractivity contribution in [3.63, 3.8) is 0 Å². The van der Waals surface area contributed by atoms with Crippen LogP contribution in [0.1, 0.15) is 25.5 Å². The number of esters is 1. The SMILES string of the molecule is CCOC(=O)C1=C(C)N(C)C(=S)NC1c1ccc(NC(=O)Nc2ccc(Cl)cc2Cl)cc1. The quantitative estimate of drug-likeness (QED) is 0.386. The largest absolute Gasteiger partial charge is 0.463 e. The summed E-state index contributed by atoms with van der Waals surface area (Å²) in [6.07, 6.45) is 0. The van der Waals surface area contributed by atoms with Crippen LogP contribution in [-0.4, -0.2) is 35.7 Å². The molecule has 0 fully saturated rings. The van der Waals surface area contributed by atoms with Crippen LogP contribution >= 0.6 is 35.4 Å². The summed E-state index contributed by atoms with van der Waals surface area (Å²) in [4.78, 5) is 26.7. The fraction of sp³-hybridized carbons (Fsp3) is 0.227. The Balaban J connectivity index is 1.77. The fourth-order valence-electron chi connectivity index (χ4n) is 3.19. The second-order valence-corrected chi connectivity index (χ2v) is 8.22. The molecule has 7 nitrogen and oxygen atoms in total. The molecule has 0 radical (unpaired) electrons. The number of allylic oxidation sites excluding steroid dienone is 1. The van der Waals surface area contributed by atoms with E-state index in [1.54, 1.807) is 49.2 Å². The monoisotopic (exact) mass is 492 g/mol. The summed E-state index contributed by atoms with van der Waals surface area (Å²) in [7, 11) is 1.79. The van der Waals surface area contributed by atoms with Crippen molar-refractivity contribution in [3.05, 3.63) is 69.3 Å². The molecule has 0 aromatic heterocycles. The van der Waals surface area contributed by atoms with Crippen molar-refractivity contribution in [2.24, 2.45) is 0 Å². The van der Waals surface area contributed by atoms with Gasteiger partial charge in [-0.1, -0.05) is 35.3 Å². The van der Waals surface area contributed by atoms with Gasteiger partial charge in [-0.3, -0.25) is 0 Å². The number of nitrogens with one attached hydrogen (secondary N) is 3. The number of amides is 2. The molecule has 0 aliphatic carbocycles. The van der Waals surface area contributed by atoms with E-state index in [1.165, 1.54) is 0 Å². The maximum atomic E-state index is 12.6. The lowest BCUT2D eigenvalue weighted by Crippen LogP contribution is -2.46. The molecule has 0 saturated heterocycles. The third-order valence-corrected chi connectivity index (χ3v) is 5.87. The minimum Gasteiger partial charge on any atom is -0.463 e. The zero-order chi connectivity index (χ0) is 23.4. The standard InChI is InChI=1S/C22H22Cl2N4O3S/c1-4-31-20(29)18-12(2)28(3)22(32)27-19(18)13-5-8-15(9-6-13)25-21(30)26-17-10-7-14(23)11-16(17)24/h5-11,19H,4H2,1-3H3,(H,27,32)(H2,25,26,30). The Morgan fingerprint density at radius 1 is 1.16 bits per heavy atom. The topological polar surface area (TPSA) is 82.7 Å². The molecule has 2 aromatic carbocycles. The molecule has 0 saturated carbocycles. The van der Waals surface area contributed by atoms with Gasteiger partial charge in [0, 0.05) is 23.5 Å². The first-order chi connectivity index (χ1) is 15.2. The Kier molecular flexibility index (Phi) is 7.60. The van der Waals surface area contributed by atoms with Crippen molar-refractivity contribution in [1.29, 1.82) is 0 Å². The van der Waals surface area contributed by atoms with Crippen LogP contribution in [0.5, 0.6) is 0 Å². The Morgan fingerprint density at radius 2 is 1.84 bits per heavy atom. The molecule has 3 rings (SSSR count). The molecular formula is C22H22Cl2N4O3S. The summed E-state index contributed by atoms with van der Waals surface area (Å²) in [6, 6.07) is 11.0. The molecule has 32 heavy (non-hydrogen) atoms. The molecule has 0 bridgehead atoms. The second-order valence-electron chi connectivity index (χ2n) is 6.99.